The maximum atomic E-state index is 12.2. The van der Waals surface area contributed by atoms with Crippen LogP contribution in [0.2, 0.25) is 0 Å². The molecule has 0 bridgehead atoms. The molecule has 1 aliphatic heterocycles. The normalized spacial score (nSPS) is 21.0. The van der Waals surface area contributed by atoms with Crippen LogP contribution in [-0.2, 0) is 4.74 Å². The van der Waals surface area contributed by atoms with Crippen molar-refractivity contribution in [3.63, 3.8) is 0 Å². The van der Waals surface area contributed by atoms with Gasteiger partial charge in [0.05, 0.1) is 12.5 Å². The van der Waals surface area contributed by atoms with Crippen molar-refractivity contribution in [2.75, 3.05) is 26.7 Å². The monoisotopic (exact) mass is 485 g/mol. The van der Waals surface area contributed by atoms with Gasteiger partial charge in [0, 0.05) is 32.7 Å². The number of aryl methyl sites for hydroxylation is 1. The molecule has 2 unspecified atom stereocenters. The molecule has 1 aromatic rings. The Morgan fingerprint density at radius 2 is 1.92 bits per heavy atom. The highest BCUT2D eigenvalue weighted by molar-refractivity contribution is 14.0. The fourth-order valence-electron chi connectivity index (χ4n) is 2.95. The molecule has 1 aromatic carbocycles. The van der Waals surface area contributed by atoms with Crippen LogP contribution in [0.25, 0.3) is 0 Å². The third-order valence-corrected chi connectivity index (χ3v) is 4.31. The maximum absolute atomic E-state index is 12.2. The van der Waals surface area contributed by atoms with E-state index in [9.17, 15) is 13.2 Å². The van der Waals surface area contributed by atoms with E-state index in [1.165, 1.54) is 5.56 Å². The van der Waals surface area contributed by atoms with E-state index in [0.29, 0.717) is 12.5 Å². The number of aliphatic imine (C=N–C) groups is 1. The van der Waals surface area contributed by atoms with E-state index in [4.69, 9.17) is 4.74 Å². The highest BCUT2D eigenvalue weighted by atomic mass is 127. The Kier molecular flexibility index (Phi) is 9.70. The van der Waals surface area contributed by atoms with Crippen molar-refractivity contribution in [2.24, 2.45) is 10.9 Å². The second kappa shape index (κ2) is 11.0. The summed E-state index contributed by atoms with van der Waals surface area (Å²) in [5.74, 6) is 0.634. The van der Waals surface area contributed by atoms with Gasteiger partial charge in [-0.3, -0.25) is 4.99 Å². The highest BCUT2D eigenvalue weighted by Crippen LogP contribution is 2.33. The molecule has 2 N–H and O–H groups in total. The predicted octanol–water partition coefficient (Wildman–Crippen LogP) is 4.20. The Hall–Kier alpha value is -1.03. The molecule has 0 amide bonds. The summed E-state index contributed by atoms with van der Waals surface area (Å²) in [7, 11) is 1.55. The largest absolute Gasteiger partial charge is 0.390 e. The van der Waals surface area contributed by atoms with Gasteiger partial charge in [-0.15, -0.1) is 24.0 Å². The average molecular weight is 485 g/mol. The Morgan fingerprint density at radius 1 is 1.23 bits per heavy atom. The van der Waals surface area contributed by atoms with Crippen LogP contribution < -0.4 is 10.6 Å². The lowest BCUT2D eigenvalue weighted by molar-refractivity contribution is -0.132. The first-order valence-corrected chi connectivity index (χ1v) is 8.58. The van der Waals surface area contributed by atoms with E-state index >= 15 is 0 Å². The zero-order chi connectivity index (χ0) is 18.3. The third-order valence-electron chi connectivity index (χ3n) is 4.31. The zero-order valence-electron chi connectivity index (χ0n) is 15.1. The van der Waals surface area contributed by atoms with Crippen molar-refractivity contribution in [3.05, 3.63) is 35.4 Å². The van der Waals surface area contributed by atoms with Crippen LogP contribution in [0.4, 0.5) is 13.2 Å². The standard InChI is InChI=1S/C18H26F3N3O.HI/c1-13-5-7-14(8-6-13)16-15(4-3-11-25-16)12-24-17(22-2)23-10-9-18(19,20)21;/h5-8,15-16H,3-4,9-12H2,1-2H3,(H2,22,23,24);1H. The predicted molar refractivity (Wildman–Crippen MR) is 108 cm³/mol. The van der Waals surface area contributed by atoms with E-state index in [2.05, 4.69) is 39.9 Å². The van der Waals surface area contributed by atoms with Crippen LogP contribution in [0.1, 0.15) is 36.5 Å². The Labute approximate surface area is 170 Å². The highest BCUT2D eigenvalue weighted by Gasteiger charge is 2.28. The lowest BCUT2D eigenvalue weighted by Gasteiger charge is -2.32. The molecule has 148 valence electrons. The number of hydrogen-bond acceptors (Lipinski definition) is 2. The molecule has 8 heteroatoms. The SMILES string of the molecule is CN=C(NCCC(F)(F)F)NCC1CCCOC1c1ccc(C)cc1.I. The van der Waals surface area contributed by atoms with Crippen LogP contribution in [-0.4, -0.2) is 38.9 Å². The summed E-state index contributed by atoms with van der Waals surface area (Å²) in [6.45, 7) is 3.19. The molecule has 0 saturated carbocycles. The van der Waals surface area contributed by atoms with Gasteiger partial charge in [-0.25, -0.2) is 0 Å². The summed E-state index contributed by atoms with van der Waals surface area (Å²) in [5, 5.41) is 5.83. The summed E-state index contributed by atoms with van der Waals surface area (Å²) in [6, 6.07) is 8.29. The number of hydrogen-bond donors (Lipinski definition) is 2. The van der Waals surface area contributed by atoms with Gasteiger partial charge in [-0.05, 0) is 25.3 Å². The smallest absolute Gasteiger partial charge is 0.373 e. The van der Waals surface area contributed by atoms with Gasteiger partial charge in [0.2, 0.25) is 0 Å². The minimum atomic E-state index is -4.17. The minimum absolute atomic E-state index is 0. The average Bonchev–Trinajstić information content (AvgIpc) is 2.58. The van der Waals surface area contributed by atoms with Crippen molar-refractivity contribution < 1.29 is 17.9 Å². The lowest BCUT2D eigenvalue weighted by Crippen LogP contribution is -2.42. The van der Waals surface area contributed by atoms with E-state index in [-0.39, 0.29) is 42.5 Å². The molecular weight excluding hydrogens is 458 g/mol. The van der Waals surface area contributed by atoms with Gasteiger partial charge in [0.1, 0.15) is 0 Å². The van der Waals surface area contributed by atoms with Crippen LogP contribution in [0.3, 0.4) is 0 Å². The van der Waals surface area contributed by atoms with Crippen LogP contribution in [0.5, 0.6) is 0 Å². The zero-order valence-corrected chi connectivity index (χ0v) is 17.4. The summed E-state index contributed by atoms with van der Waals surface area (Å²) in [4.78, 5) is 3.99. The summed E-state index contributed by atoms with van der Waals surface area (Å²) in [6.07, 6.45) is -3.07. The second-order valence-corrected chi connectivity index (χ2v) is 6.35. The maximum Gasteiger partial charge on any atom is 0.390 e. The topological polar surface area (TPSA) is 45.7 Å². The fraction of sp³-hybridized carbons (Fsp3) is 0.611. The Balaban J connectivity index is 0.00000338. The minimum Gasteiger partial charge on any atom is -0.373 e. The summed E-state index contributed by atoms with van der Waals surface area (Å²) in [5.41, 5.74) is 2.33. The molecule has 1 aliphatic rings. The van der Waals surface area contributed by atoms with Gasteiger partial charge in [0.15, 0.2) is 5.96 Å². The van der Waals surface area contributed by atoms with E-state index < -0.39 is 12.6 Å². The first-order chi connectivity index (χ1) is 11.9. The molecule has 4 nitrogen and oxygen atoms in total. The van der Waals surface area contributed by atoms with Crippen molar-refractivity contribution >= 4 is 29.9 Å². The Bertz CT molecular complexity index is 564. The molecule has 1 heterocycles. The van der Waals surface area contributed by atoms with Crippen molar-refractivity contribution in [3.8, 4) is 0 Å². The lowest BCUT2D eigenvalue weighted by atomic mass is 9.89. The number of alkyl halides is 3. The van der Waals surface area contributed by atoms with Crippen molar-refractivity contribution in [1.82, 2.24) is 10.6 Å². The van der Waals surface area contributed by atoms with E-state index in [0.717, 1.165) is 25.0 Å². The third kappa shape index (κ3) is 7.69. The van der Waals surface area contributed by atoms with Crippen LogP contribution in [0, 0.1) is 12.8 Å². The molecule has 0 spiro atoms. The summed E-state index contributed by atoms with van der Waals surface area (Å²) < 4.78 is 42.7. The first kappa shape index (κ1) is 23.0. The van der Waals surface area contributed by atoms with Gasteiger partial charge in [-0.2, -0.15) is 13.2 Å². The van der Waals surface area contributed by atoms with Gasteiger partial charge in [-0.1, -0.05) is 29.8 Å². The number of halogens is 4. The van der Waals surface area contributed by atoms with E-state index in [1.807, 2.05) is 6.92 Å². The van der Waals surface area contributed by atoms with Gasteiger partial charge in [0.25, 0.3) is 0 Å². The van der Waals surface area contributed by atoms with Crippen molar-refractivity contribution in [1.29, 1.82) is 0 Å². The molecule has 1 saturated heterocycles. The number of guanidine groups is 1. The van der Waals surface area contributed by atoms with E-state index in [1.54, 1.807) is 7.05 Å². The summed E-state index contributed by atoms with van der Waals surface area (Å²) >= 11 is 0. The first-order valence-electron chi connectivity index (χ1n) is 8.58. The van der Waals surface area contributed by atoms with Crippen LogP contribution in [0.15, 0.2) is 29.3 Å². The molecule has 2 atom stereocenters. The van der Waals surface area contributed by atoms with Crippen LogP contribution >= 0.6 is 24.0 Å². The molecule has 2 rings (SSSR count). The number of rotatable bonds is 5. The molecule has 26 heavy (non-hydrogen) atoms. The second-order valence-electron chi connectivity index (χ2n) is 6.35. The number of benzene rings is 1. The molecule has 0 aliphatic carbocycles. The number of nitrogens with one attached hydrogen (secondary N) is 2. The van der Waals surface area contributed by atoms with Crippen molar-refractivity contribution in [2.45, 2.75) is 38.5 Å². The Morgan fingerprint density at radius 3 is 2.54 bits per heavy atom. The number of nitrogens with zero attached hydrogens (tertiary/aromatic N) is 1. The molecule has 0 radical (unpaired) electrons. The quantitative estimate of drug-likeness (QED) is 0.374. The van der Waals surface area contributed by atoms with Gasteiger partial charge >= 0.3 is 6.18 Å². The molecule has 0 aromatic heterocycles. The molecular formula is C18H27F3IN3O. The fourth-order valence-corrected chi connectivity index (χ4v) is 2.95. The number of ether oxygens (including phenoxy) is 1. The molecule has 1 fully saturated rings. The van der Waals surface area contributed by atoms with Gasteiger partial charge < -0.3 is 15.4 Å².